The van der Waals surface area contributed by atoms with Crippen LogP contribution in [0.2, 0.25) is 0 Å². The number of rotatable bonds is 2. The Morgan fingerprint density at radius 2 is 1.80 bits per heavy atom. The lowest BCUT2D eigenvalue weighted by Crippen LogP contribution is -1.86. The SMILES string of the molecule is CC(C)c1ccc(-c2nnc(I)o2)cc1. The predicted octanol–water partition coefficient (Wildman–Crippen LogP) is 3.46. The predicted molar refractivity (Wildman–Crippen MR) is 66.5 cm³/mol. The van der Waals surface area contributed by atoms with Crippen LogP contribution in [0.25, 0.3) is 11.5 Å². The lowest BCUT2D eigenvalue weighted by atomic mass is 10.0. The summed E-state index contributed by atoms with van der Waals surface area (Å²) >= 11 is 2.00. The molecule has 1 aromatic heterocycles. The van der Waals surface area contributed by atoms with Crippen molar-refractivity contribution < 1.29 is 4.42 Å². The van der Waals surface area contributed by atoms with E-state index in [1.54, 1.807) is 0 Å². The first-order chi connectivity index (χ1) is 7.16. The molecule has 4 heteroatoms. The van der Waals surface area contributed by atoms with Gasteiger partial charge in [0, 0.05) is 28.2 Å². The number of halogens is 1. The lowest BCUT2D eigenvalue weighted by molar-refractivity contribution is 0.537. The van der Waals surface area contributed by atoms with E-state index >= 15 is 0 Å². The quantitative estimate of drug-likeness (QED) is 0.797. The van der Waals surface area contributed by atoms with Crippen LogP contribution in [0, 0.1) is 3.90 Å². The molecule has 0 fully saturated rings. The molecule has 0 saturated carbocycles. The molecule has 2 aromatic rings. The van der Waals surface area contributed by atoms with Crippen LogP contribution in [-0.2, 0) is 0 Å². The fraction of sp³-hybridized carbons (Fsp3) is 0.273. The van der Waals surface area contributed by atoms with E-state index in [1.165, 1.54) is 5.56 Å². The molecule has 78 valence electrons. The van der Waals surface area contributed by atoms with Crippen LogP contribution in [0.4, 0.5) is 0 Å². The van der Waals surface area contributed by atoms with Crippen molar-refractivity contribution in [3.05, 3.63) is 33.7 Å². The summed E-state index contributed by atoms with van der Waals surface area (Å²) in [6, 6.07) is 8.21. The molecule has 0 spiro atoms. The largest absolute Gasteiger partial charge is 0.412 e. The van der Waals surface area contributed by atoms with Gasteiger partial charge in [0.25, 0.3) is 3.90 Å². The van der Waals surface area contributed by atoms with Crippen LogP contribution in [0.3, 0.4) is 0 Å². The Morgan fingerprint density at radius 3 is 2.27 bits per heavy atom. The first-order valence-electron chi connectivity index (χ1n) is 4.76. The second kappa shape index (κ2) is 4.30. The van der Waals surface area contributed by atoms with Gasteiger partial charge in [-0.05, 0) is 23.6 Å². The third-order valence-electron chi connectivity index (χ3n) is 2.22. The molecule has 0 radical (unpaired) electrons. The van der Waals surface area contributed by atoms with Crippen molar-refractivity contribution in [2.45, 2.75) is 19.8 Å². The fourth-order valence-electron chi connectivity index (χ4n) is 1.33. The van der Waals surface area contributed by atoms with Crippen LogP contribution in [0.15, 0.2) is 28.7 Å². The van der Waals surface area contributed by atoms with Gasteiger partial charge >= 0.3 is 0 Å². The van der Waals surface area contributed by atoms with Crippen molar-refractivity contribution >= 4 is 22.6 Å². The summed E-state index contributed by atoms with van der Waals surface area (Å²) in [5.74, 6) is 1.12. The maximum absolute atomic E-state index is 5.33. The van der Waals surface area contributed by atoms with Crippen molar-refractivity contribution in [1.82, 2.24) is 10.2 Å². The molecular weight excluding hydrogens is 303 g/mol. The second-order valence-electron chi connectivity index (χ2n) is 3.64. The van der Waals surface area contributed by atoms with E-state index in [9.17, 15) is 0 Å². The van der Waals surface area contributed by atoms with Crippen molar-refractivity contribution in [3.63, 3.8) is 0 Å². The third kappa shape index (κ3) is 2.37. The molecule has 1 heterocycles. The Hall–Kier alpha value is -0.910. The first kappa shape index (κ1) is 10.6. The van der Waals surface area contributed by atoms with Gasteiger partial charge in [-0.1, -0.05) is 26.0 Å². The van der Waals surface area contributed by atoms with E-state index in [1.807, 2.05) is 34.7 Å². The molecule has 0 aliphatic heterocycles. The maximum Gasteiger partial charge on any atom is 0.278 e. The van der Waals surface area contributed by atoms with Gasteiger partial charge in [-0.3, -0.25) is 0 Å². The van der Waals surface area contributed by atoms with Gasteiger partial charge in [0.15, 0.2) is 0 Å². The molecule has 0 atom stereocenters. The molecule has 0 bridgehead atoms. The lowest BCUT2D eigenvalue weighted by Gasteiger charge is -2.04. The van der Waals surface area contributed by atoms with Crippen molar-refractivity contribution in [2.75, 3.05) is 0 Å². The van der Waals surface area contributed by atoms with Crippen molar-refractivity contribution in [1.29, 1.82) is 0 Å². The Morgan fingerprint density at radius 1 is 1.13 bits per heavy atom. The first-order valence-corrected chi connectivity index (χ1v) is 5.84. The van der Waals surface area contributed by atoms with Crippen LogP contribution < -0.4 is 0 Å². The molecule has 0 saturated heterocycles. The minimum absolute atomic E-state index is 0.543. The van der Waals surface area contributed by atoms with E-state index in [-0.39, 0.29) is 0 Å². The minimum atomic E-state index is 0.543. The van der Waals surface area contributed by atoms with Gasteiger partial charge in [0.05, 0.1) is 0 Å². The molecule has 0 aliphatic rings. The fourth-order valence-corrected chi connectivity index (χ4v) is 1.65. The normalized spacial score (nSPS) is 10.9. The third-order valence-corrected chi connectivity index (χ3v) is 2.66. The molecule has 0 unspecified atom stereocenters. The Balaban J connectivity index is 2.31. The van der Waals surface area contributed by atoms with Gasteiger partial charge < -0.3 is 4.42 Å². The Kier molecular flexibility index (Phi) is 3.04. The number of hydrogen-bond acceptors (Lipinski definition) is 3. The van der Waals surface area contributed by atoms with E-state index in [4.69, 9.17) is 4.42 Å². The highest BCUT2D eigenvalue weighted by molar-refractivity contribution is 14.1. The van der Waals surface area contributed by atoms with Gasteiger partial charge in [0.2, 0.25) is 5.89 Å². The Bertz CT molecular complexity index is 448. The summed E-state index contributed by atoms with van der Waals surface area (Å²) in [5.41, 5.74) is 2.28. The van der Waals surface area contributed by atoms with Gasteiger partial charge in [-0.2, -0.15) is 0 Å². The van der Waals surface area contributed by atoms with Gasteiger partial charge in [-0.15, -0.1) is 10.2 Å². The molecule has 0 aliphatic carbocycles. The topological polar surface area (TPSA) is 38.9 Å². The highest BCUT2D eigenvalue weighted by Crippen LogP contribution is 2.21. The van der Waals surface area contributed by atoms with E-state index in [2.05, 4.69) is 36.2 Å². The van der Waals surface area contributed by atoms with E-state index in [0.29, 0.717) is 15.7 Å². The van der Waals surface area contributed by atoms with Crippen LogP contribution in [-0.4, -0.2) is 10.2 Å². The summed E-state index contributed by atoms with van der Waals surface area (Å²) in [7, 11) is 0. The maximum atomic E-state index is 5.33. The van der Waals surface area contributed by atoms with Crippen molar-refractivity contribution in [3.8, 4) is 11.5 Å². The molecule has 0 amide bonds. The Labute approximate surface area is 102 Å². The smallest absolute Gasteiger partial charge is 0.278 e. The molecule has 15 heavy (non-hydrogen) atoms. The molecule has 3 nitrogen and oxygen atoms in total. The van der Waals surface area contributed by atoms with Crippen LogP contribution in [0.5, 0.6) is 0 Å². The second-order valence-corrected chi connectivity index (χ2v) is 4.56. The van der Waals surface area contributed by atoms with Crippen molar-refractivity contribution in [2.24, 2.45) is 0 Å². The van der Waals surface area contributed by atoms with E-state index < -0.39 is 0 Å². The summed E-state index contributed by atoms with van der Waals surface area (Å²) in [4.78, 5) is 0. The number of nitrogens with zero attached hydrogens (tertiary/aromatic N) is 2. The highest BCUT2D eigenvalue weighted by atomic mass is 127. The number of aromatic nitrogens is 2. The number of hydrogen-bond donors (Lipinski definition) is 0. The average molecular weight is 314 g/mol. The molecule has 2 rings (SSSR count). The summed E-state index contributed by atoms with van der Waals surface area (Å²) in [6.07, 6.45) is 0. The minimum Gasteiger partial charge on any atom is -0.412 e. The summed E-state index contributed by atoms with van der Waals surface area (Å²) < 4.78 is 5.90. The highest BCUT2D eigenvalue weighted by Gasteiger charge is 2.06. The summed E-state index contributed by atoms with van der Waals surface area (Å²) in [6.45, 7) is 4.34. The average Bonchev–Trinajstić information content (AvgIpc) is 2.65. The standard InChI is InChI=1S/C11H11IN2O/c1-7(2)8-3-5-9(6-4-8)10-13-14-11(12)15-10/h3-7H,1-2H3. The van der Waals surface area contributed by atoms with E-state index in [0.717, 1.165) is 5.56 Å². The molecule has 0 N–H and O–H groups in total. The van der Waals surface area contributed by atoms with Crippen LogP contribution in [0.1, 0.15) is 25.3 Å². The monoisotopic (exact) mass is 314 g/mol. The molecular formula is C11H11IN2O. The summed E-state index contributed by atoms with van der Waals surface area (Å²) in [5, 5.41) is 7.76. The molecule has 1 aromatic carbocycles. The zero-order valence-corrected chi connectivity index (χ0v) is 10.7. The number of benzene rings is 1. The van der Waals surface area contributed by atoms with Gasteiger partial charge in [-0.25, -0.2) is 0 Å². The van der Waals surface area contributed by atoms with Crippen LogP contribution >= 0.6 is 22.6 Å². The van der Waals surface area contributed by atoms with Gasteiger partial charge in [0.1, 0.15) is 0 Å². The zero-order chi connectivity index (χ0) is 10.8. The zero-order valence-electron chi connectivity index (χ0n) is 8.57.